The van der Waals surface area contributed by atoms with Gasteiger partial charge in [0.05, 0.1) is 11.1 Å². The van der Waals surface area contributed by atoms with Crippen molar-refractivity contribution in [1.29, 1.82) is 0 Å². The minimum atomic E-state index is -1.03. The second-order valence-electron chi connectivity index (χ2n) is 6.16. The Kier molecular flexibility index (Phi) is 5.83. The van der Waals surface area contributed by atoms with Crippen LogP contribution in [0.4, 0.5) is 4.39 Å². The first-order chi connectivity index (χ1) is 11.3. The molecule has 2 aromatic rings. The zero-order valence-electron chi connectivity index (χ0n) is 13.7. The number of thiazole rings is 1. The van der Waals surface area contributed by atoms with Crippen LogP contribution >= 0.6 is 11.3 Å². The lowest BCUT2D eigenvalue weighted by Gasteiger charge is -2.23. The Balaban J connectivity index is 2.06. The molecular weight excluding hydrogens is 329 g/mol. The van der Waals surface area contributed by atoms with E-state index in [1.807, 2.05) is 6.92 Å². The van der Waals surface area contributed by atoms with Crippen LogP contribution in [0.15, 0.2) is 29.6 Å². The lowest BCUT2D eigenvalue weighted by Crippen LogP contribution is -2.30. The third-order valence-electron chi connectivity index (χ3n) is 3.91. The molecule has 0 saturated carbocycles. The summed E-state index contributed by atoms with van der Waals surface area (Å²) in [6.07, 6.45) is 1.25. The molecule has 0 saturated heterocycles. The van der Waals surface area contributed by atoms with E-state index in [0.29, 0.717) is 29.1 Å². The number of rotatable bonds is 8. The number of carboxylic acid groups (broad SMARTS) is 1. The number of ketones is 1. The molecule has 0 radical (unpaired) electrons. The van der Waals surface area contributed by atoms with Gasteiger partial charge in [0.2, 0.25) is 0 Å². The second-order valence-corrected chi connectivity index (χ2v) is 7.02. The predicted octanol–water partition coefficient (Wildman–Crippen LogP) is 4.34. The van der Waals surface area contributed by atoms with Crippen LogP contribution in [0.2, 0.25) is 0 Å². The van der Waals surface area contributed by atoms with E-state index in [9.17, 15) is 19.1 Å². The maximum atomic E-state index is 13.3. The molecule has 1 atom stereocenters. The summed E-state index contributed by atoms with van der Waals surface area (Å²) < 4.78 is 13.3. The monoisotopic (exact) mass is 349 g/mol. The van der Waals surface area contributed by atoms with Crippen LogP contribution in [0.3, 0.4) is 0 Å². The highest BCUT2D eigenvalue weighted by Gasteiger charge is 2.34. The maximum absolute atomic E-state index is 13.3. The maximum Gasteiger partial charge on any atom is 0.309 e. The van der Waals surface area contributed by atoms with Crippen LogP contribution in [0.1, 0.15) is 38.8 Å². The van der Waals surface area contributed by atoms with Gasteiger partial charge in [-0.1, -0.05) is 25.5 Å². The van der Waals surface area contributed by atoms with Crippen molar-refractivity contribution in [2.45, 2.75) is 39.5 Å². The summed E-state index contributed by atoms with van der Waals surface area (Å²) >= 11 is 1.34. The molecule has 0 spiro atoms. The summed E-state index contributed by atoms with van der Waals surface area (Å²) in [7, 11) is 0. The number of hydrogen-bond acceptors (Lipinski definition) is 4. The number of carbonyl (C=O) groups excluding carboxylic acids is 1. The van der Waals surface area contributed by atoms with Gasteiger partial charge in [-0.15, -0.1) is 11.3 Å². The number of aromatic nitrogens is 1. The number of carboxylic acids is 1. The molecule has 1 aromatic heterocycles. The number of carbonyl (C=O) groups is 2. The van der Waals surface area contributed by atoms with Crippen LogP contribution in [0.25, 0.3) is 10.6 Å². The normalized spacial score (nSPS) is 13.5. The molecule has 0 bridgehead atoms. The summed E-state index contributed by atoms with van der Waals surface area (Å²) in [5, 5.41) is 11.8. The van der Waals surface area contributed by atoms with Crippen molar-refractivity contribution in [2.75, 3.05) is 0 Å². The fourth-order valence-electron chi connectivity index (χ4n) is 2.66. The molecule has 24 heavy (non-hydrogen) atoms. The van der Waals surface area contributed by atoms with E-state index in [-0.39, 0.29) is 24.4 Å². The minimum Gasteiger partial charge on any atom is -0.481 e. The molecule has 128 valence electrons. The molecule has 0 aliphatic carbocycles. The molecule has 6 heteroatoms. The van der Waals surface area contributed by atoms with E-state index in [2.05, 4.69) is 4.98 Å². The van der Waals surface area contributed by atoms with E-state index in [1.165, 1.54) is 23.5 Å². The fraction of sp³-hybridized carbons (Fsp3) is 0.389. The summed E-state index contributed by atoms with van der Waals surface area (Å²) in [6.45, 7) is 3.51. The van der Waals surface area contributed by atoms with Crippen LogP contribution in [0.5, 0.6) is 0 Å². The molecule has 0 aliphatic heterocycles. The lowest BCUT2D eigenvalue weighted by molar-refractivity contribution is -0.150. The number of hydrogen-bond donors (Lipinski definition) is 1. The van der Waals surface area contributed by atoms with Gasteiger partial charge >= 0.3 is 5.97 Å². The average Bonchev–Trinajstić information content (AvgIpc) is 2.95. The Morgan fingerprint density at radius 3 is 2.75 bits per heavy atom. The number of aliphatic carboxylic acids is 1. The van der Waals surface area contributed by atoms with Gasteiger partial charge in [0, 0.05) is 23.8 Å². The minimum absolute atomic E-state index is 0.0109. The number of nitrogens with zero attached hydrogens (tertiary/aromatic N) is 1. The average molecular weight is 349 g/mol. The molecule has 0 aliphatic rings. The molecule has 1 N–H and O–H groups in total. The lowest BCUT2D eigenvalue weighted by atomic mass is 9.80. The first-order valence-corrected chi connectivity index (χ1v) is 8.67. The third-order valence-corrected chi connectivity index (χ3v) is 4.85. The zero-order chi connectivity index (χ0) is 17.7. The van der Waals surface area contributed by atoms with E-state index >= 15 is 0 Å². The van der Waals surface area contributed by atoms with Gasteiger partial charge in [-0.25, -0.2) is 9.37 Å². The number of benzene rings is 1. The zero-order valence-corrected chi connectivity index (χ0v) is 14.5. The van der Waals surface area contributed by atoms with E-state index in [1.54, 1.807) is 24.4 Å². The smallest absolute Gasteiger partial charge is 0.309 e. The quantitative estimate of drug-likeness (QED) is 0.770. The first kappa shape index (κ1) is 18.3. The Morgan fingerprint density at radius 2 is 2.12 bits per heavy atom. The summed E-state index contributed by atoms with van der Waals surface area (Å²) in [5.74, 6) is -1.43. The van der Waals surface area contributed by atoms with Gasteiger partial charge in [-0.3, -0.25) is 9.59 Å². The highest BCUT2D eigenvalue weighted by Crippen LogP contribution is 2.30. The predicted molar refractivity (Wildman–Crippen MR) is 91.5 cm³/mol. The van der Waals surface area contributed by atoms with Crippen molar-refractivity contribution >= 4 is 23.1 Å². The Bertz CT molecular complexity index is 743. The van der Waals surface area contributed by atoms with Crippen molar-refractivity contribution in [2.24, 2.45) is 5.41 Å². The standard InChI is InChI=1S/C18H20FNO3S/c1-3-7-18(2,17(22)23)10-15(21)9-14-11-24-16(20-14)12-5-4-6-13(19)8-12/h4-6,8,11H,3,7,9-10H2,1-2H3,(H,22,23). The van der Waals surface area contributed by atoms with Crippen molar-refractivity contribution in [3.05, 3.63) is 41.2 Å². The third kappa shape index (κ3) is 4.47. The summed E-state index contributed by atoms with van der Waals surface area (Å²) in [4.78, 5) is 28.0. The molecule has 1 unspecified atom stereocenters. The molecule has 1 heterocycles. The van der Waals surface area contributed by atoms with Crippen molar-refractivity contribution in [3.8, 4) is 10.6 Å². The van der Waals surface area contributed by atoms with Crippen molar-refractivity contribution in [1.82, 2.24) is 4.98 Å². The Labute approximate surface area is 144 Å². The van der Waals surface area contributed by atoms with Crippen molar-refractivity contribution < 1.29 is 19.1 Å². The van der Waals surface area contributed by atoms with Crippen LogP contribution < -0.4 is 0 Å². The van der Waals surface area contributed by atoms with E-state index in [0.717, 1.165) is 0 Å². The van der Waals surface area contributed by atoms with Gasteiger partial charge in [-0.2, -0.15) is 0 Å². The fourth-order valence-corrected chi connectivity index (χ4v) is 3.48. The van der Waals surface area contributed by atoms with Crippen LogP contribution in [-0.4, -0.2) is 21.8 Å². The largest absolute Gasteiger partial charge is 0.481 e. The van der Waals surface area contributed by atoms with Crippen molar-refractivity contribution in [3.63, 3.8) is 0 Å². The second kappa shape index (κ2) is 7.66. The Hall–Kier alpha value is -2.08. The topological polar surface area (TPSA) is 67.3 Å². The SMILES string of the molecule is CCCC(C)(CC(=O)Cc1csc(-c2cccc(F)c2)n1)C(=O)O. The first-order valence-electron chi connectivity index (χ1n) is 7.79. The molecule has 0 fully saturated rings. The Morgan fingerprint density at radius 1 is 1.38 bits per heavy atom. The molecular formula is C18H20FNO3S. The summed E-state index contributed by atoms with van der Waals surface area (Å²) in [5.41, 5.74) is 0.223. The summed E-state index contributed by atoms with van der Waals surface area (Å²) in [6, 6.07) is 6.13. The number of halogens is 1. The van der Waals surface area contributed by atoms with Gasteiger partial charge in [-0.05, 0) is 25.5 Å². The highest BCUT2D eigenvalue weighted by molar-refractivity contribution is 7.13. The highest BCUT2D eigenvalue weighted by atomic mass is 32.1. The van der Waals surface area contributed by atoms with Gasteiger partial charge in [0.15, 0.2) is 0 Å². The molecule has 2 rings (SSSR count). The van der Waals surface area contributed by atoms with Gasteiger partial charge < -0.3 is 5.11 Å². The molecule has 1 aromatic carbocycles. The van der Waals surface area contributed by atoms with Gasteiger partial charge in [0.25, 0.3) is 0 Å². The molecule has 0 amide bonds. The molecule has 4 nitrogen and oxygen atoms in total. The van der Waals surface area contributed by atoms with Crippen LogP contribution in [-0.2, 0) is 16.0 Å². The van der Waals surface area contributed by atoms with E-state index in [4.69, 9.17) is 0 Å². The van der Waals surface area contributed by atoms with Gasteiger partial charge in [0.1, 0.15) is 16.6 Å². The van der Waals surface area contributed by atoms with Crippen LogP contribution in [0, 0.1) is 11.2 Å². The number of Topliss-reactive ketones (excluding diaryl/α,β-unsaturated/α-hetero) is 1. The van der Waals surface area contributed by atoms with E-state index < -0.39 is 11.4 Å².